The van der Waals surface area contributed by atoms with E-state index < -0.39 is 0 Å². The zero-order valence-corrected chi connectivity index (χ0v) is 25.4. The number of hydrogen-bond donors (Lipinski definition) is 0. The smallest absolute Gasteiger partial charge is 0.146 e. The van der Waals surface area contributed by atoms with Crippen LogP contribution in [-0.4, -0.2) is 9.38 Å². The number of nitrogens with zero attached hydrogens (tertiary/aromatic N) is 2. The number of hydrogen-bond acceptors (Lipinski definition) is 1. The van der Waals surface area contributed by atoms with E-state index in [1.165, 1.54) is 54.7 Å². The number of aromatic nitrogens is 2. The van der Waals surface area contributed by atoms with Crippen molar-refractivity contribution in [2.75, 3.05) is 0 Å². The second-order valence-electron chi connectivity index (χ2n) is 12.8. The molecule has 0 saturated carbocycles. The van der Waals surface area contributed by atoms with Crippen LogP contribution in [0.5, 0.6) is 0 Å². The Morgan fingerprint density at radius 1 is 0.689 bits per heavy atom. The first kappa shape index (κ1) is 26.2. The van der Waals surface area contributed by atoms with Crippen LogP contribution in [0.25, 0.3) is 60.3 Å². The van der Waals surface area contributed by atoms with Gasteiger partial charge in [-0.1, -0.05) is 140 Å². The summed E-state index contributed by atoms with van der Waals surface area (Å²) >= 11 is 0. The Balaban J connectivity index is 1.28. The van der Waals surface area contributed by atoms with Crippen LogP contribution in [0.3, 0.4) is 0 Å². The highest BCUT2D eigenvalue weighted by Crippen LogP contribution is 2.48. The van der Waals surface area contributed by atoms with Crippen molar-refractivity contribution in [2.24, 2.45) is 5.92 Å². The molecule has 2 heteroatoms. The van der Waals surface area contributed by atoms with Crippen molar-refractivity contribution in [2.45, 2.75) is 31.6 Å². The van der Waals surface area contributed by atoms with E-state index in [1.54, 1.807) is 0 Å². The lowest BCUT2D eigenvalue weighted by atomic mass is 9.62. The molecule has 2 aliphatic rings. The Labute approximate surface area is 263 Å². The summed E-state index contributed by atoms with van der Waals surface area (Å²) in [4.78, 5) is 5.18. The molecule has 216 valence electrons. The minimum atomic E-state index is -0.101. The summed E-state index contributed by atoms with van der Waals surface area (Å²) < 4.78 is 2.36. The van der Waals surface area contributed by atoms with E-state index in [4.69, 9.17) is 4.98 Å². The van der Waals surface area contributed by atoms with Crippen molar-refractivity contribution in [3.8, 4) is 11.1 Å². The molecule has 45 heavy (non-hydrogen) atoms. The number of para-hydroxylation sites is 1. The molecule has 0 saturated heterocycles. The maximum absolute atomic E-state index is 5.18. The number of allylic oxidation sites excluding steroid dienone is 8. The molecule has 0 spiro atoms. The van der Waals surface area contributed by atoms with E-state index >= 15 is 0 Å². The van der Waals surface area contributed by atoms with Gasteiger partial charge in [-0.2, -0.15) is 0 Å². The highest BCUT2D eigenvalue weighted by molar-refractivity contribution is 6.14. The van der Waals surface area contributed by atoms with Crippen molar-refractivity contribution in [3.63, 3.8) is 0 Å². The molecule has 2 nitrogen and oxygen atoms in total. The molecule has 0 N–H and O–H groups in total. The maximum Gasteiger partial charge on any atom is 0.146 e. The summed E-state index contributed by atoms with van der Waals surface area (Å²) in [6.45, 7) is 2.48. The predicted molar refractivity (Wildman–Crippen MR) is 191 cm³/mol. The van der Waals surface area contributed by atoms with Gasteiger partial charge in [0.25, 0.3) is 0 Å². The lowest BCUT2D eigenvalue weighted by molar-refractivity contribution is 0.398. The van der Waals surface area contributed by atoms with Crippen molar-refractivity contribution in [1.29, 1.82) is 0 Å². The third kappa shape index (κ3) is 3.92. The van der Waals surface area contributed by atoms with Gasteiger partial charge in [0.05, 0.1) is 16.6 Å². The standard InChI is InChI=1S/C43H34N2/c1-43(30-14-4-2-5-15-30,31-16-6-3-7-17-31)38-26-25-32(33-18-8-10-20-35(33)38)29-24-27-39-41(28-29)45-40-23-13-12-21-36(40)34-19-9-11-22-37(34)42(45)44-39/h2-6,8-14,16,18-28,30H,7,15,17H2,1H3. The van der Waals surface area contributed by atoms with E-state index in [9.17, 15) is 0 Å². The van der Waals surface area contributed by atoms with E-state index in [0.717, 1.165) is 35.9 Å². The van der Waals surface area contributed by atoms with Gasteiger partial charge in [-0.25, -0.2) is 4.98 Å². The predicted octanol–water partition coefficient (Wildman–Crippen LogP) is 11.3. The molecular formula is C43H34N2. The molecule has 0 aliphatic heterocycles. The minimum absolute atomic E-state index is 0.101. The van der Waals surface area contributed by atoms with Crippen LogP contribution >= 0.6 is 0 Å². The fourth-order valence-corrected chi connectivity index (χ4v) is 8.14. The first-order chi connectivity index (χ1) is 22.2. The quantitative estimate of drug-likeness (QED) is 0.190. The van der Waals surface area contributed by atoms with Gasteiger partial charge < -0.3 is 0 Å². The average molecular weight is 579 g/mol. The van der Waals surface area contributed by atoms with Crippen LogP contribution < -0.4 is 0 Å². The van der Waals surface area contributed by atoms with E-state index in [2.05, 4.69) is 157 Å². The molecule has 2 unspecified atom stereocenters. The van der Waals surface area contributed by atoms with Gasteiger partial charge in [-0.15, -0.1) is 0 Å². The Morgan fingerprint density at radius 3 is 2.27 bits per heavy atom. The van der Waals surface area contributed by atoms with Crippen LogP contribution in [0.15, 0.2) is 151 Å². The van der Waals surface area contributed by atoms with Crippen molar-refractivity contribution in [3.05, 3.63) is 157 Å². The van der Waals surface area contributed by atoms with E-state index in [0.29, 0.717) is 5.92 Å². The van der Waals surface area contributed by atoms with Crippen LogP contribution in [0.4, 0.5) is 0 Å². The van der Waals surface area contributed by atoms with E-state index in [1.807, 2.05) is 0 Å². The van der Waals surface area contributed by atoms with Gasteiger partial charge in [0.15, 0.2) is 0 Å². The molecule has 0 radical (unpaired) electrons. The zero-order valence-electron chi connectivity index (χ0n) is 25.4. The molecule has 2 aliphatic carbocycles. The first-order valence-corrected chi connectivity index (χ1v) is 16.2. The normalized spacial score (nSPS) is 17.9. The van der Waals surface area contributed by atoms with Crippen LogP contribution in [0.1, 0.15) is 31.7 Å². The van der Waals surface area contributed by atoms with Crippen LogP contribution in [0, 0.1) is 5.92 Å². The maximum atomic E-state index is 5.18. The summed E-state index contributed by atoms with van der Waals surface area (Å²) in [5.41, 5.74) is 9.67. The molecule has 2 aromatic heterocycles. The van der Waals surface area contributed by atoms with Crippen molar-refractivity contribution >= 4 is 49.1 Å². The summed E-state index contributed by atoms with van der Waals surface area (Å²) in [5.74, 6) is 0.409. The SMILES string of the molecule is CC(C1=CC=CCC1)(c1ccc(-c2ccc3nc4c5ccccc5c5ccccc5n4c3c2)c2ccccc12)C1C=CC=CC1. The first-order valence-electron chi connectivity index (χ1n) is 16.2. The molecule has 7 aromatic rings. The summed E-state index contributed by atoms with van der Waals surface area (Å²) in [7, 11) is 0. The van der Waals surface area contributed by atoms with Gasteiger partial charge in [0, 0.05) is 16.2 Å². The summed E-state index contributed by atoms with van der Waals surface area (Å²) in [6.07, 6.45) is 19.4. The molecule has 9 rings (SSSR count). The van der Waals surface area contributed by atoms with Gasteiger partial charge in [0.2, 0.25) is 0 Å². The van der Waals surface area contributed by atoms with Gasteiger partial charge in [-0.05, 0) is 76.2 Å². The Morgan fingerprint density at radius 2 is 1.47 bits per heavy atom. The minimum Gasteiger partial charge on any atom is -0.292 e. The lowest BCUT2D eigenvalue weighted by Gasteiger charge is -2.41. The number of pyridine rings is 1. The average Bonchev–Trinajstić information content (AvgIpc) is 3.51. The second-order valence-corrected chi connectivity index (χ2v) is 12.8. The second kappa shape index (κ2) is 10.2. The van der Waals surface area contributed by atoms with Crippen LogP contribution in [-0.2, 0) is 5.41 Å². The van der Waals surface area contributed by atoms with Gasteiger partial charge in [0.1, 0.15) is 5.65 Å². The largest absolute Gasteiger partial charge is 0.292 e. The monoisotopic (exact) mass is 578 g/mol. The topological polar surface area (TPSA) is 17.3 Å². The Kier molecular flexibility index (Phi) is 5.93. The third-order valence-corrected chi connectivity index (χ3v) is 10.5. The molecule has 2 atom stereocenters. The molecule has 0 fully saturated rings. The third-order valence-electron chi connectivity index (χ3n) is 10.5. The number of fused-ring (bicyclic) bond motifs is 9. The highest BCUT2D eigenvalue weighted by atomic mass is 15.0. The zero-order chi connectivity index (χ0) is 30.0. The number of benzene rings is 5. The highest BCUT2D eigenvalue weighted by Gasteiger charge is 2.39. The molecule has 0 bridgehead atoms. The van der Waals surface area contributed by atoms with Crippen molar-refractivity contribution in [1.82, 2.24) is 9.38 Å². The molecule has 0 amide bonds. The lowest BCUT2D eigenvalue weighted by Crippen LogP contribution is -2.34. The van der Waals surface area contributed by atoms with Crippen molar-refractivity contribution < 1.29 is 0 Å². The Bertz CT molecular complexity index is 2430. The number of imidazole rings is 1. The van der Waals surface area contributed by atoms with Gasteiger partial charge >= 0.3 is 0 Å². The Hall–Kier alpha value is -5.21. The fourth-order valence-electron chi connectivity index (χ4n) is 8.14. The summed E-state index contributed by atoms with van der Waals surface area (Å²) in [6, 6.07) is 38.0. The van der Waals surface area contributed by atoms with E-state index in [-0.39, 0.29) is 5.41 Å². The fraction of sp³-hybridized carbons (Fsp3) is 0.140. The number of rotatable bonds is 4. The van der Waals surface area contributed by atoms with Gasteiger partial charge in [-0.3, -0.25) is 4.40 Å². The molecule has 2 heterocycles. The summed E-state index contributed by atoms with van der Waals surface area (Å²) in [5, 5.41) is 6.31. The van der Waals surface area contributed by atoms with Crippen LogP contribution in [0.2, 0.25) is 0 Å². The molecule has 5 aromatic carbocycles. The molecular weight excluding hydrogens is 544 g/mol.